The molecule has 4 N–H and O–H groups in total. The van der Waals surface area contributed by atoms with Crippen LogP contribution >= 0.6 is 0 Å². The van der Waals surface area contributed by atoms with E-state index in [1.54, 1.807) is 0 Å². The molecule has 0 heterocycles. The van der Waals surface area contributed by atoms with E-state index in [9.17, 15) is 27.9 Å². The molecule has 1 aromatic rings. The highest BCUT2D eigenvalue weighted by atomic mass is 19.4. The lowest BCUT2D eigenvalue weighted by Crippen LogP contribution is -2.49. The van der Waals surface area contributed by atoms with Gasteiger partial charge in [-0.2, -0.15) is 0 Å². The van der Waals surface area contributed by atoms with E-state index in [1.165, 1.54) is 19.1 Å². The molecule has 7 nitrogen and oxygen atoms in total. The summed E-state index contributed by atoms with van der Waals surface area (Å²) in [5.41, 5.74) is 5.06. The second-order valence-electron chi connectivity index (χ2n) is 4.30. The summed E-state index contributed by atoms with van der Waals surface area (Å²) in [6.45, 7) is 1.46. The van der Waals surface area contributed by atoms with E-state index < -0.39 is 36.1 Å². The number of amides is 1. The SMILES string of the molecule is CCOC(=O)C(O)C(Nc1cccc(OC(F)(F)F)c1)C(N)=O. The van der Waals surface area contributed by atoms with Gasteiger partial charge in [0.25, 0.3) is 0 Å². The Kier molecular flexibility index (Phi) is 6.19. The zero-order chi connectivity index (χ0) is 17.6. The number of aliphatic hydroxyl groups excluding tert-OH is 1. The maximum atomic E-state index is 12.2. The summed E-state index contributed by atoms with van der Waals surface area (Å²) in [5, 5.41) is 12.1. The minimum absolute atomic E-state index is 0.0149. The Hall–Kier alpha value is -2.49. The Labute approximate surface area is 129 Å². The third-order valence-electron chi connectivity index (χ3n) is 2.54. The molecule has 2 unspecified atom stereocenters. The molecule has 0 spiro atoms. The van der Waals surface area contributed by atoms with Crippen LogP contribution in [-0.2, 0) is 14.3 Å². The average molecular weight is 336 g/mol. The van der Waals surface area contributed by atoms with Gasteiger partial charge >= 0.3 is 12.3 Å². The van der Waals surface area contributed by atoms with Crippen LogP contribution in [0.3, 0.4) is 0 Å². The van der Waals surface area contributed by atoms with Gasteiger partial charge in [-0.05, 0) is 19.1 Å². The van der Waals surface area contributed by atoms with Gasteiger partial charge in [-0.15, -0.1) is 13.2 Å². The van der Waals surface area contributed by atoms with Crippen LogP contribution in [0, 0.1) is 0 Å². The number of nitrogens with two attached hydrogens (primary N) is 1. The summed E-state index contributed by atoms with van der Waals surface area (Å²) in [4.78, 5) is 22.8. The van der Waals surface area contributed by atoms with E-state index >= 15 is 0 Å². The average Bonchev–Trinajstić information content (AvgIpc) is 2.42. The van der Waals surface area contributed by atoms with Gasteiger partial charge < -0.3 is 25.6 Å². The van der Waals surface area contributed by atoms with E-state index in [0.29, 0.717) is 0 Å². The Morgan fingerprint density at radius 3 is 2.57 bits per heavy atom. The van der Waals surface area contributed by atoms with Crippen LogP contribution in [0.2, 0.25) is 0 Å². The second kappa shape index (κ2) is 7.68. The summed E-state index contributed by atoms with van der Waals surface area (Å²) in [6.07, 6.45) is -6.80. The van der Waals surface area contributed by atoms with Gasteiger partial charge in [-0.25, -0.2) is 4.79 Å². The standard InChI is InChI=1S/C13H15F3N2O5/c1-2-22-12(21)10(19)9(11(17)20)18-7-4-3-5-8(6-7)23-13(14,15)16/h3-6,9-10,18-19H,2H2,1H3,(H2,17,20). The van der Waals surface area contributed by atoms with Gasteiger partial charge in [0.05, 0.1) is 6.61 Å². The van der Waals surface area contributed by atoms with Gasteiger partial charge in [0.2, 0.25) is 5.91 Å². The number of carbonyl (C=O) groups excluding carboxylic acids is 2. The maximum Gasteiger partial charge on any atom is 0.573 e. The summed E-state index contributed by atoms with van der Waals surface area (Å²) in [6, 6.07) is 2.91. The van der Waals surface area contributed by atoms with Crippen LogP contribution < -0.4 is 15.8 Å². The van der Waals surface area contributed by atoms with E-state index in [4.69, 9.17) is 5.73 Å². The molecule has 1 amide bonds. The fourth-order valence-electron chi connectivity index (χ4n) is 1.63. The molecule has 0 fully saturated rings. The minimum Gasteiger partial charge on any atom is -0.464 e. The smallest absolute Gasteiger partial charge is 0.464 e. The Bertz CT molecular complexity index is 565. The number of primary amides is 1. The molecule has 0 saturated heterocycles. The second-order valence-corrected chi connectivity index (χ2v) is 4.30. The number of hydrogen-bond donors (Lipinski definition) is 3. The zero-order valence-electron chi connectivity index (χ0n) is 12.0. The lowest BCUT2D eigenvalue weighted by molar-refractivity contribution is -0.274. The molecule has 0 aliphatic carbocycles. The van der Waals surface area contributed by atoms with Gasteiger partial charge in [0.15, 0.2) is 6.10 Å². The first-order valence-electron chi connectivity index (χ1n) is 6.40. The van der Waals surface area contributed by atoms with Crippen LogP contribution in [0.4, 0.5) is 18.9 Å². The van der Waals surface area contributed by atoms with Crippen molar-refractivity contribution in [1.82, 2.24) is 0 Å². The van der Waals surface area contributed by atoms with Crippen molar-refractivity contribution >= 4 is 17.6 Å². The summed E-state index contributed by atoms with van der Waals surface area (Å²) in [7, 11) is 0. The van der Waals surface area contributed by atoms with Crippen LogP contribution in [0.15, 0.2) is 24.3 Å². The van der Waals surface area contributed by atoms with Crippen molar-refractivity contribution in [3.05, 3.63) is 24.3 Å². The lowest BCUT2D eigenvalue weighted by Gasteiger charge is -2.21. The number of hydrogen-bond acceptors (Lipinski definition) is 6. The number of halogens is 3. The van der Waals surface area contributed by atoms with Crippen LogP contribution in [0.1, 0.15) is 6.92 Å². The monoisotopic (exact) mass is 336 g/mol. The van der Waals surface area contributed by atoms with E-state index in [0.717, 1.165) is 12.1 Å². The molecule has 10 heteroatoms. The molecule has 0 aromatic heterocycles. The first kappa shape index (κ1) is 18.6. The molecule has 0 saturated carbocycles. The van der Waals surface area contributed by atoms with E-state index in [2.05, 4.69) is 14.8 Å². The minimum atomic E-state index is -4.88. The predicted octanol–water partition coefficient (Wildman–Crippen LogP) is 0.775. The van der Waals surface area contributed by atoms with Crippen molar-refractivity contribution in [3.8, 4) is 5.75 Å². The summed E-state index contributed by atoms with van der Waals surface area (Å²) < 4.78 is 44.8. The summed E-state index contributed by atoms with van der Waals surface area (Å²) in [5.74, 6) is -2.73. The number of rotatable bonds is 7. The fourth-order valence-corrected chi connectivity index (χ4v) is 1.63. The number of benzene rings is 1. The topological polar surface area (TPSA) is 111 Å². The Balaban J connectivity index is 2.91. The molecule has 2 atom stereocenters. The van der Waals surface area contributed by atoms with Crippen molar-refractivity contribution in [2.45, 2.75) is 25.4 Å². The predicted molar refractivity (Wildman–Crippen MR) is 72.4 cm³/mol. The quantitative estimate of drug-likeness (QED) is 0.635. The number of nitrogens with one attached hydrogen (secondary N) is 1. The van der Waals surface area contributed by atoms with Gasteiger partial charge in [0.1, 0.15) is 11.8 Å². The molecular formula is C13H15F3N2O5. The maximum absolute atomic E-state index is 12.2. The van der Waals surface area contributed by atoms with E-state index in [-0.39, 0.29) is 12.3 Å². The lowest BCUT2D eigenvalue weighted by atomic mass is 10.1. The fraction of sp³-hybridized carbons (Fsp3) is 0.385. The highest BCUT2D eigenvalue weighted by Gasteiger charge is 2.33. The van der Waals surface area contributed by atoms with Crippen molar-refractivity contribution < 1.29 is 37.3 Å². The number of anilines is 1. The first-order valence-corrected chi connectivity index (χ1v) is 6.40. The number of aliphatic hydroxyl groups is 1. The number of esters is 1. The molecule has 128 valence electrons. The normalized spacial score (nSPS) is 13.8. The number of carbonyl (C=O) groups is 2. The third kappa shape index (κ3) is 6.02. The molecule has 0 bridgehead atoms. The summed E-state index contributed by atoms with van der Waals surface area (Å²) >= 11 is 0. The molecule has 0 aliphatic heterocycles. The van der Waals surface area contributed by atoms with Crippen molar-refractivity contribution in [1.29, 1.82) is 0 Å². The molecular weight excluding hydrogens is 321 g/mol. The van der Waals surface area contributed by atoms with Gasteiger partial charge in [-0.3, -0.25) is 4.79 Å². The molecule has 23 heavy (non-hydrogen) atoms. The number of ether oxygens (including phenoxy) is 2. The molecule has 1 aromatic carbocycles. The third-order valence-corrected chi connectivity index (χ3v) is 2.54. The zero-order valence-corrected chi connectivity index (χ0v) is 12.0. The molecule has 1 rings (SSSR count). The van der Waals surface area contributed by atoms with Crippen molar-refractivity contribution in [2.24, 2.45) is 5.73 Å². The van der Waals surface area contributed by atoms with Crippen LogP contribution in [0.5, 0.6) is 5.75 Å². The van der Waals surface area contributed by atoms with E-state index in [1.807, 2.05) is 0 Å². The van der Waals surface area contributed by atoms with Crippen molar-refractivity contribution in [2.75, 3.05) is 11.9 Å². The highest BCUT2D eigenvalue weighted by molar-refractivity contribution is 5.90. The Morgan fingerprint density at radius 2 is 2.04 bits per heavy atom. The number of alkyl halides is 3. The molecule has 0 radical (unpaired) electrons. The Morgan fingerprint density at radius 1 is 1.39 bits per heavy atom. The highest BCUT2D eigenvalue weighted by Crippen LogP contribution is 2.25. The molecule has 0 aliphatic rings. The van der Waals surface area contributed by atoms with Crippen LogP contribution in [-0.4, -0.2) is 42.1 Å². The van der Waals surface area contributed by atoms with Crippen molar-refractivity contribution in [3.63, 3.8) is 0 Å². The first-order chi connectivity index (χ1) is 10.6. The van der Waals surface area contributed by atoms with Crippen LogP contribution in [0.25, 0.3) is 0 Å². The largest absolute Gasteiger partial charge is 0.573 e. The van der Waals surface area contributed by atoms with Gasteiger partial charge in [0, 0.05) is 11.8 Å². The van der Waals surface area contributed by atoms with Gasteiger partial charge in [-0.1, -0.05) is 6.07 Å².